The van der Waals surface area contributed by atoms with E-state index in [0.29, 0.717) is 28.9 Å². The van der Waals surface area contributed by atoms with Gasteiger partial charge in [-0.15, -0.1) is 0 Å². The van der Waals surface area contributed by atoms with Crippen molar-refractivity contribution in [3.05, 3.63) is 71.9 Å². The molecule has 2 aromatic heterocycles. The number of hydrogen-bond acceptors (Lipinski definition) is 3. The number of nitrogens with one attached hydrogen (secondary N) is 1. The van der Waals surface area contributed by atoms with Crippen molar-refractivity contribution in [3.63, 3.8) is 0 Å². The molecule has 1 fully saturated rings. The molecule has 3 aromatic rings. The molecule has 5 rings (SSSR count). The summed E-state index contributed by atoms with van der Waals surface area (Å²) in [5.74, 6) is 0.583. The number of carbonyl (C=O) groups is 2. The van der Waals surface area contributed by atoms with Crippen molar-refractivity contribution in [1.29, 1.82) is 0 Å². The molecule has 4 unspecified atom stereocenters. The molecule has 0 saturated heterocycles. The van der Waals surface area contributed by atoms with Crippen molar-refractivity contribution in [3.8, 4) is 11.5 Å². The van der Waals surface area contributed by atoms with Crippen LogP contribution in [0.15, 0.2) is 59.2 Å². The first kappa shape index (κ1) is 23.4. The third-order valence-corrected chi connectivity index (χ3v) is 8.08. The van der Waals surface area contributed by atoms with Gasteiger partial charge in [0.05, 0.1) is 25.0 Å². The molecule has 1 aliphatic heterocycles. The molecule has 2 aliphatic rings. The second kappa shape index (κ2) is 9.02. The van der Waals surface area contributed by atoms with E-state index < -0.39 is 11.4 Å². The molecule has 1 aliphatic carbocycles. The number of halogens is 1. The molecule has 35 heavy (non-hydrogen) atoms. The maximum atomic E-state index is 14.6. The van der Waals surface area contributed by atoms with Crippen LogP contribution in [0.5, 0.6) is 0 Å². The van der Waals surface area contributed by atoms with Gasteiger partial charge < -0.3 is 19.2 Å². The van der Waals surface area contributed by atoms with Crippen LogP contribution in [0.4, 0.5) is 4.39 Å². The maximum Gasteiger partial charge on any atom is 0.271 e. The zero-order chi connectivity index (χ0) is 24.7. The second-order valence-electron chi connectivity index (χ2n) is 10.3. The minimum Gasteiger partial charge on any atom is -0.463 e. The highest BCUT2D eigenvalue weighted by molar-refractivity contribution is 6.00. The number of nitrogens with zero attached hydrogens (tertiary/aromatic N) is 2. The lowest BCUT2D eigenvalue weighted by Gasteiger charge is -2.46. The van der Waals surface area contributed by atoms with Crippen molar-refractivity contribution < 1.29 is 18.4 Å². The van der Waals surface area contributed by atoms with E-state index in [4.69, 9.17) is 4.42 Å². The molecule has 1 N–H and O–H groups in total. The van der Waals surface area contributed by atoms with E-state index in [2.05, 4.69) is 19.2 Å². The van der Waals surface area contributed by atoms with Gasteiger partial charge in [-0.3, -0.25) is 9.59 Å². The Kier molecular flexibility index (Phi) is 6.03. The average molecular weight is 478 g/mol. The number of furan rings is 1. The molecule has 1 aromatic carbocycles. The fourth-order valence-corrected chi connectivity index (χ4v) is 5.57. The van der Waals surface area contributed by atoms with Crippen LogP contribution < -0.4 is 5.32 Å². The molecule has 7 heteroatoms. The molecule has 1 saturated carbocycles. The Morgan fingerprint density at radius 1 is 1.11 bits per heavy atom. The lowest BCUT2D eigenvalue weighted by molar-refractivity contribution is -0.134. The molecule has 4 atom stereocenters. The van der Waals surface area contributed by atoms with Gasteiger partial charge in [-0.05, 0) is 55.5 Å². The predicted octanol–water partition coefficient (Wildman–Crippen LogP) is 5.24. The van der Waals surface area contributed by atoms with Crippen molar-refractivity contribution in [2.45, 2.75) is 64.7 Å². The fourth-order valence-electron chi connectivity index (χ4n) is 5.57. The summed E-state index contributed by atoms with van der Waals surface area (Å²) in [5, 5.41) is 3.27. The van der Waals surface area contributed by atoms with Crippen LogP contribution in [-0.4, -0.2) is 32.9 Å². The lowest BCUT2D eigenvalue weighted by atomic mass is 9.77. The quantitative estimate of drug-likeness (QED) is 0.546. The van der Waals surface area contributed by atoms with E-state index in [1.165, 1.54) is 11.0 Å². The van der Waals surface area contributed by atoms with Gasteiger partial charge in [-0.25, -0.2) is 4.39 Å². The largest absolute Gasteiger partial charge is 0.463 e. The summed E-state index contributed by atoms with van der Waals surface area (Å²) >= 11 is 0. The standard InChI is InChI=1S/C28H32FN3O3/c1-18-8-6-11-22(19(18)2)30-27(34)28(3)17-31-23(25-12-7-15-35-25)13-14-24(31)26(33)32(28)16-20-9-4-5-10-21(20)29/h4-5,7,9-10,12-15,18-19,22H,6,8,11,16-17H2,1-3H3,(H,30,34). The summed E-state index contributed by atoms with van der Waals surface area (Å²) in [4.78, 5) is 29.3. The van der Waals surface area contributed by atoms with E-state index in [-0.39, 0.29) is 30.9 Å². The topological polar surface area (TPSA) is 67.5 Å². The normalized spacial score (nSPS) is 26.5. The Morgan fingerprint density at radius 2 is 1.89 bits per heavy atom. The SMILES string of the molecule is CC1CCCC(NC(=O)C2(C)Cn3c(ccc3-c3ccco3)C(=O)N2Cc2ccccc2F)C1C. The van der Waals surface area contributed by atoms with Gasteiger partial charge in [-0.2, -0.15) is 0 Å². The van der Waals surface area contributed by atoms with Gasteiger partial charge in [0.1, 0.15) is 22.8 Å². The summed E-state index contributed by atoms with van der Waals surface area (Å²) in [5.41, 5.74) is 0.360. The van der Waals surface area contributed by atoms with Crippen molar-refractivity contribution in [2.24, 2.45) is 11.8 Å². The van der Waals surface area contributed by atoms with Crippen LogP contribution in [0.1, 0.15) is 56.1 Å². The van der Waals surface area contributed by atoms with Crippen LogP contribution in [-0.2, 0) is 17.9 Å². The van der Waals surface area contributed by atoms with Gasteiger partial charge >= 0.3 is 0 Å². The maximum absolute atomic E-state index is 14.6. The number of rotatable bonds is 5. The monoisotopic (exact) mass is 477 g/mol. The van der Waals surface area contributed by atoms with Gasteiger partial charge in [0, 0.05) is 11.6 Å². The van der Waals surface area contributed by atoms with E-state index >= 15 is 0 Å². The second-order valence-corrected chi connectivity index (χ2v) is 10.3. The lowest BCUT2D eigenvalue weighted by Crippen LogP contribution is -2.65. The fraction of sp³-hybridized carbons (Fsp3) is 0.429. The Bertz CT molecular complexity index is 1230. The van der Waals surface area contributed by atoms with Crippen molar-refractivity contribution in [1.82, 2.24) is 14.8 Å². The molecular formula is C28H32FN3O3. The van der Waals surface area contributed by atoms with Crippen LogP contribution in [0.3, 0.4) is 0 Å². The van der Waals surface area contributed by atoms with Crippen molar-refractivity contribution in [2.75, 3.05) is 0 Å². The molecule has 0 spiro atoms. The third kappa shape index (κ3) is 4.07. The molecule has 0 radical (unpaired) electrons. The molecule has 2 amide bonds. The van der Waals surface area contributed by atoms with Crippen LogP contribution >= 0.6 is 0 Å². The summed E-state index contributed by atoms with van der Waals surface area (Å²) in [6.45, 7) is 6.44. The van der Waals surface area contributed by atoms with E-state index in [1.54, 1.807) is 43.5 Å². The summed E-state index contributed by atoms with van der Waals surface area (Å²) in [7, 11) is 0. The first-order chi connectivity index (χ1) is 16.8. The Morgan fingerprint density at radius 3 is 2.63 bits per heavy atom. The number of hydrogen-bond donors (Lipinski definition) is 1. The molecule has 6 nitrogen and oxygen atoms in total. The smallest absolute Gasteiger partial charge is 0.271 e. The predicted molar refractivity (Wildman–Crippen MR) is 131 cm³/mol. The Labute approximate surface area is 205 Å². The minimum absolute atomic E-state index is 0.00726. The average Bonchev–Trinajstić information content (AvgIpc) is 3.50. The minimum atomic E-state index is -1.22. The highest BCUT2D eigenvalue weighted by atomic mass is 19.1. The van der Waals surface area contributed by atoms with E-state index in [1.807, 2.05) is 16.7 Å². The number of aromatic nitrogens is 1. The first-order valence-electron chi connectivity index (χ1n) is 12.4. The number of amides is 2. The zero-order valence-electron chi connectivity index (χ0n) is 20.5. The van der Waals surface area contributed by atoms with Gasteiger partial charge in [0.15, 0.2) is 0 Å². The summed E-state index contributed by atoms with van der Waals surface area (Å²) in [6, 6.07) is 13.7. The first-order valence-corrected chi connectivity index (χ1v) is 12.4. The van der Waals surface area contributed by atoms with Gasteiger partial charge in [0.25, 0.3) is 5.91 Å². The molecular weight excluding hydrogens is 445 g/mol. The summed E-state index contributed by atoms with van der Waals surface area (Å²) < 4.78 is 22.1. The molecule has 0 bridgehead atoms. The van der Waals surface area contributed by atoms with Crippen LogP contribution in [0, 0.1) is 17.7 Å². The number of fused-ring (bicyclic) bond motifs is 1. The number of benzene rings is 1. The van der Waals surface area contributed by atoms with Crippen molar-refractivity contribution >= 4 is 11.8 Å². The van der Waals surface area contributed by atoms with Gasteiger partial charge in [0.2, 0.25) is 5.91 Å². The number of carbonyl (C=O) groups excluding carboxylic acids is 2. The van der Waals surface area contributed by atoms with E-state index in [0.717, 1.165) is 25.0 Å². The molecule has 184 valence electrons. The highest BCUT2D eigenvalue weighted by Crippen LogP contribution is 2.36. The molecule has 3 heterocycles. The highest BCUT2D eigenvalue weighted by Gasteiger charge is 2.49. The Balaban J connectivity index is 1.54. The van der Waals surface area contributed by atoms with Crippen LogP contribution in [0.2, 0.25) is 0 Å². The summed E-state index contributed by atoms with van der Waals surface area (Å²) in [6.07, 6.45) is 4.72. The van der Waals surface area contributed by atoms with E-state index in [9.17, 15) is 14.0 Å². The Hall–Kier alpha value is -3.35. The van der Waals surface area contributed by atoms with Gasteiger partial charge in [-0.1, -0.05) is 44.9 Å². The van der Waals surface area contributed by atoms with Crippen LogP contribution in [0.25, 0.3) is 11.5 Å². The third-order valence-electron chi connectivity index (χ3n) is 8.08. The zero-order valence-corrected chi connectivity index (χ0v) is 20.5.